The van der Waals surface area contributed by atoms with Gasteiger partial charge in [0.05, 0.1) is 34.4 Å². The zero-order chi connectivity index (χ0) is 25.4. The first-order chi connectivity index (χ1) is 17.3. The van der Waals surface area contributed by atoms with E-state index < -0.39 is 0 Å². The minimum atomic E-state index is -0.249. The molecule has 9 heteroatoms. The zero-order valence-corrected chi connectivity index (χ0v) is 21.6. The minimum absolute atomic E-state index is 0.0638. The Morgan fingerprint density at radius 1 is 1.11 bits per heavy atom. The average Bonchev–Trinajstić information content (AvgIpc) is 3.43. The van der Waals surface area contributed by atoms with Gasteiger partial charge in [-0.2, -0.15) is 5.10 Å². The number of hydrogen-bond acceptors (Lipinski definition) is 5. The molecule has 3 aromatic heterocycles. The van der Waals surface area contributed by atoms with Crippen LogP contribution in [0, 0.1) is 13.8 Å². The summed E-state index contributed by atoms with van der Waals surface area (Å²) in [6.07, 6.45) is 0.0638. The van der Waals surface area contributed by atoms with Gasteiger partial charge in [0.2, 0.25) is 5.91 Å². The zero-order valence-electron chi connectivity index (χ0n) is 20.0. The number of para-hydroxylation sites is 1. The van der Waals surface area contributed by atoms with Gasteiger partial charge < -0.3 is 5.32 Å². The van der Waals surface area contributed by atoms with Crippen LogP contribution in [0.15, 0.2) is 70.8 Å². The Kier molecular flexibility index (Phi) is 6.47. The monoisotopic (exact) mass is 517 g/mol. The van der Waals surface area contributed by atoms with Crippen LogP contribution in [-0.2, 0) is 11.2 Å². The van der Waals surface area contributed by atoms with Gasteiger partial charge in [-0.1, -0.05) is 54.1 Å². The Bertz CT molecular complexity index is 1640. The summed E-state index contributed by atoms with van der Waals surface area (Å²) < 4.78 is 3.24. The van der Waals surface area contributed by atoms with Gasteiger partial charge in [0.15, 0.2) is 4.96 Å². The third kappa shape index (κ3) is 4.45. The molecule has 182 valence electrons. The fourth-order valence-electron chi connectivity index (χ4n) is 4.27. The highest BCUT2D eigenvalue weighted by Crippen LogP contribution is 2.26. The van der Waals surface area contributed by atoms with Gasteiger partial charge in [0.25, 0.3) is 5.56 Å². The molecule has 0 aliphatic rings. The Balaban J connectivity index is 1.49. The van der Waals surface area contributed by atoms with Gasteiger partial charge in [-0.15, -0.1) is 11.3 Å². The summed E-state index contributed by atoms with van der Waals surface area (Å²) in [7, 11) is 0. The van der Waals surface area contributed by atoms with Gasteiger partial charge in [0.1, 0.15) is 5.69 Å². The average molecular weight is 518 g/mol. The first-order valence-corrected chi connectivity index (χ1v) is 12.7. The number of aryl methyl sites for hydroxylation is 2. The summed E-state index contributed by atoms with van der Waals surface area (Å²) in [4.78, 5) is 31.7. The van der Waals surface area contributed by atoms with Crippen LogP contribution in [0.2, 0.25) is 5.02 Å². The number of carbonyl (C=O) groups is 1. The number of fused-ring (bicyclic) bond motifs is 1. The second kappa shape index (κ2) is 9.72. The number of halogens is 1. The molecule has 1 N–H and O–H groups in total. The lowest BCUT2D eigenvalue weighted by Crippen LogP contribution is -2.29. The topological polar surface area (TPSA) is 81.3 Å². The van der Waals surface area contributed by atoms with Crippen LogP contribution < -0.4 is 10.9 Å². The summed E-state index contributed by atoms with van der Waals surface area (Å²) in [6, 6.07) is 18.9. The maximum Gasteiger partial charge on any atom is 0.268 e. The van der Waals surface area contributed by atoms with Crippen molar-refractivity contribution in [3.05, 3.63) is 104 Å². The van der Waals surface area contributed by atoms with E-state index in [0.717, 1.165) is 16.9 Å². The van der Waals surface area contributed by atoms with Crippen molar-refractivity contribution < 1.29 is 4.79 Å². The van der Waals surface area contributed by atoms with Crippen molar-refractivity contribution in [2.45, 2.75) is 33.2 Å². The van der Waals surface area contributed by atoms with E-state index in [-0.39, 0.29) is 23.9 Å². The van der Waals surface area contributed by atoms with Gasteiger partial charge in [-0.3, -0.25) is 14.0 Å². The number of carbonyl (C=O) groups excluding carboxylic acids is 1. The lowest BCUT2D eigenvalue weighted by molar-refractivity contribution is -0.121. The van der Waals surface area contributed by atoms with Crippen LogP contribution in [0.5, 0.6) is 0 Å². The fraction of sp³-hybridized carbons (Fsp3) is 0.185. The van der Waals surface area contributed by atoms with E-state index in [4.69, 9.17) is 16.7 Å². The highest BCUT2D eigenvalue weighted by atomic mass is 35.5. The summed E-state index contributed by atoms with van der Waals surface area (Å²) in [5.74, 6) is -0.168. The predicted molar refractivity (Wildman–Crippen MR) is 143 cm³/mol. The molecule has 3 heterocycles. The molecule has 2 aromatic carbocycles. The van der Waals surface area contributed by atoms with E-state index in [0.29, 0.717) is 32.6 Å². The Morgan fingerprint density at radius 3 is 2.58 bits per heavy atom. The highest BCUT2D eigenvalue weighted by molar-refractivity contribution is 7.15. The molecule has 0 saturated heterocycles. The van der Waals surface area contributed by atoms with Crippen molar-refractivity contribution in [2.24, 2.45) is 0 Å². The van der Waals surface area contributed by atoms with E-state index in [1.807, 2.05) is 73.8 Å². The van der Waals surface area contributed by atoms with E-state index in [9.17, 15) is 9.59 Å². The number of thiazole rings is 1. The van der Waals surface area contributed by atoms with Crippen molar-refractivity contribution >= 4 is 33.8 Å². The number of benzene rings is 2. The smallest absolute Gasteiger partial charge is 0.268 e. The minimum Gasteiger partial charge on any atom is -0.349 e. The molecule has 1 unspecified atom stereocenters. The summed E-state index contributed by atoms with van der Waals surface area (Å²) in [5.41, 5.74) is 4.42. The predicted octanol–water partition coefficient (Wildman–Crippen LogP) is 5.30. The molecule has 0 fully saturated rings. The van der Waals surface area contributed by atoms with Gasteiger partial charge in [0, 0.05) is 16.8 Å². The van der Waals surface area contributed by atoms with Crippen molar-refractivity contribution in [1.29, 1.82) is 0 Å². The molecule has 0 aliphatic carbocycles. The second-order valence-electron chi connectivity index (χ2n) is 8.63. The first-order valence-electron chi connectivity index (χ1n) is 11.5. The molecule has 5 aromatic rings. The molecule has 7 nitrogen and oxygen atoms in total. The Morgan fingerprint density at radius 2 is 1.83 bits per heavy atom. The molecule has 0 saturated carbocycles. The van der Waals surface area contributed by atoms with E-state index in [1.165, 1.54) is 15.7 Å². The number of amides is 1. The molecule has 1 amide bonds. The molecule has 0 radical (unpaired) electrons. The molecule has 5 rings (SSSR count). The number of nitrogens with one attached hydrogen (secondary N) is 1. The lowest BCUT2D eigenvalue weighted by Gasteiger charge is -2.14. The van der Waals surface area contributed by atoms with Crippen LogP contribution in [0.1, 0.15) is 35.6 Å². The normalized spacial score (nSPS) is 12.1. The van der Waals surface area contributed by atoms with E-state index in [1.54, 1.807) is 17.7 Å². The maximum absolute atomic E-state index is 13.7. The highest BCUT2D eigenvalue weighted by Gasteiger charge is 2.21. The van der Waals surface area contributed by atoms with Crippen molar-refractivity contribution in [3.8, 4) is 16.9 Å². The fourth-order valence-corrected chi connectivity index (χ4v) is 5.41. The third-order valence-electron chi connectivity index (χ3n) is 6.06. The molecule has 36 heavy (non-hydrogen) atoms. The van der Waals surface area contributed by atoms with Gasteiger partial charge in [-0.05, 0) is 44.5 Å². The quantitative estimate of drug-likeness (QED) is 0.331. The standard InChI is InChI=1S/C27H24ClN5O2S/c1-16-13-22(31-33(16)23-12-8-7-11-21(23)28)25-18(3)30-27-32(26(25)35)20(15-36-27)14-24(34)29-17(2)19-9-5-4-6-10-19/h4-13,15,17H,14H2,1-3H3,(H,29,34). The molecule has 0 aliphatic heterocycles. The van der Waals surface area contributed by atoms with E-state index in [2.05, 4.69) is 10.3 Å². The number of hydrogen-bond donors (Lipinski definition) is 1. The second-order valence-corrected chi connectivity index (χ2v) is 9.88. The van der Waals surface area contributed by atoms with Crippen molar-refractivity contribution in [3.63, 3.8) is 0 Å². The number of nitrogens with zero attached hydrogens (tertiary/aromatic N) is 4. The summed E-state index contributed by atoms with van der Waals surface area (Å²) in [5, 5.41) is 10.1. The molecular formula is C27H24ClN5O2S. The number of aromatic nitrogens is 4. The van der Waals surface area contributed by atoms with Gasteiger partial charge in [-0.25, -0.2) is 9.67 Å². The van der Waals surface area contributed by atoms with Crippen LogP contribution in [0.3, 0.4) is 0 Å². The van der Waals surface area contributed by atoms with Gasteiger partial charge >= 0.3 is 0 Å². The lowest BCUT2D eigenvalue weighted by atomic mass is 10.1. The molecule has 0 spiro atoms. The molecule has 1 atom stereocenters. The van der Waals surface area contributed by atoms with Crippen LogP contribution >= 0.6 is 22.9 Å². The van der Waals surface area contributed by atoms with Crippen LogP contribution in [0.4, 0.5) is 0 Å². The molecular weight excluding hydrogens is 494 g/mol. The summed E-state index contributed by atoms with van der Waals surface area (Å²) in [6.45, 7) is 5.65. The maximum atomic E-state index is 13.7. The van der Waals surface area contributed by atoms with Crippen molar-refractivity contribution in [1.82, 2.24) is 24.5 Å². The third-order valence-corrected chi connectivity index (χ3v) is 7.26. The Hall–Kier alpha value is -3.75. The molecule has 0 bridgehead atoms. The van der Waals surface area contributed by atoms with Crippen LogP contribution in [0.25, 0.3) is 21.9 Å². The number of rotatable bonds is 6. The largest absolute Gasteiger partial charge is 0.349 e. The summed E-state index contributed by atoms with van der Waals surface area (Å²) >= 11 is 7.72. The SMILES string of the molecule is Cc1nc2scc(CC(=O)NC(C)c3ccccc3)n2c(=O)c1-c1cc(C)n(-c2ccccc2Cl)n1. The Labute approximate surface area is 217 Å². The van der Waals surface area contributed by atoms with Crippen LogP contribution in [-0.4, -0.2) is 25.1 Å². The van der Waals surface area contributed by atoms with E-state index >= 15 is 0 Å². The first kappa shape index (κ1) is 24.0. The van der Waals surface area contributed by atoms with Crippen molar-refractivity contribution in [2.75, 3.05) is 0 Å².